The van der Waals surface area contributed by atoms with E-state index < -0.39 is 12.2 Å². The lowest BCUT2D eigenvalue weighted by molar-refractivity contribution is -0.123. The van der Waals surface area contributed by atoms with Crippen molar-refractivity contribution in [3.63, 3.8) is 0 Å². The Morgan fingerprint density at radius 2 is 2.00 bits per heavy atom. The summed E-state index contributed by atoms with van der Waals surface area (Å²) in [7, 11) is 4.27. The van der Waals surface area contributed by atoms with Crippen LogP contribution in [0.25, 0.3) is 10.2 Å². The lowest BCUT2D eigenvalue weighted by atomic mass is 9.92. The standard InChI is InChI=1S/C21H26N4O4S/c1-25(2)12-4-6-13(7-5-12)28-19-17-16-11(9-14-18(26)24-21(27)29-14)3-8-15(16)30-20(17)23-10-22-19/h10-14H,3-9H2,1-2H3,(H,24,26,27)/t11-,12?,13?,14?/m1/s1. The summed E-state index contributed by atoms with van der Waals surface area (Å²) in [5.74, 6) is 0.442. The normalized spacial score (nSPS) is 28.6. The molecule has 1 saturated heterocycles. The molecule has 0 spiro atoms. The lowest BCUT2D eigenvalue weighted by Crippen LogP contribution is -2.35. The monoisotopic (exact) mass is 430 g/mol. The summed E-state index contributed by atoms with van der Waals surface area (Å²) < 4.78 is 11.6. The molecule has 2 aromatic rings. The highest BCUT2D eigenvalue weighted by molar-refractivity contribution is 7.19. The van der Waals surface area contributed by atoms with Gasteiger partial charge in [0.25, 0.3) is 5.91 Å². The number of nitrogens with one attached hydrogen (secondary N) is 1. The van der Waals surface area contributed by atoms with Gasteiger partial charge in [0.1, 0.15) is 17.3 Å². The zero-order valence-electron chi connectivity index (χ0n) is 17.2. The largest absolute Gasteiger partial charge is 0.474 e. The molecule has 8 nitrogen and oxygen atoms in total. The first-order valence-electron chi connectivity index (χ1n) is 10.6. The summed E-state index contributed by atoms with van der Waals surface area (Å²) in [4.78, 5) is 36.9. The number of cyclic esters (lactones) is 1. The molecule has 2 atom stereocenters. The summed E-state index contributed by atoms with van der Waals surface area (Å²) in [6.45, 7) is 0. The Bertz CT molecular complexity index is 983. The summed E-state index contributed by atoms with van der Waals surface area (Å²) in [6, 6.07) is 0.616. The van der Waals surface area contributed by atoms with E-state index in [2.05, 4.69) is 34.3 Å². The average molecular weight is 431 g/mol. The minimum atomic E-state index is -0.723. The number of ether oxygens (including phenoxy) is 2. The number of thiophene rings is 1. The predicted molar refractivity (Wildman–Crippen MR) is 112 cm³/mol. The number of hydrogen-bond acceptors (Lipinski definition) is 8. The first kappa shape index (κ1) is 19.7. The zero-order valence-corrected chi connectivity index (χ0v) is 18.0. The Labute approximate surface area is 179 Å². The van der Waals surface area contributed by atoms with Crippen LogP contribution in [0.1, 0.15) is 54.9 Å². The molecule has 2 aliphatic carbocycles. The molecular formula is C21H26N4O4S. The number of carbonyl (C=O) groups is 2. The molecule has 2 aromatic heterocycles. The molecule has 1 aliphatic heterocycles. The van der Waals surface area contributed by atoms with Crippen molar-refractivity contribution in [3.05, 3.63) is 16.8 Å². The Balaban J connectivity index is 1.39. The van der Waals surface area contributed by atoms with Gasteiger partial charge in [0.2, 0.25) is 5.88 Å². The quantitative estimate of drug-likeness (QED) is 0.779. The van der Waals surface area contributed by atoms with Crippen LogP contribution in [0.15, 0.2) is 6.33 Å². The molecule has 3 aliphatic rings. The second-order valence-electron chi connectivity index (χ2n) is 8.66. The number of hydrogen-bond donors (Lipinski definition) is 1. The SMILES string of the molecule is CN(C)C1CCC(Oc2ncnc3sc4c(c23)[C@@H](CC2OC(=O)NC2=O)CC4)CC1. The third-order valence-corrected chi connectivity index (χ3v) is 7.79. The highest BCUT2D eigenvalue weighted by Gasteiger charge is 2.38. The number of nitrogens with zero attached hydrogens (tertiary/aromatic N) is 3. The molecule has 0 aromatic carbocycles. The van der Waals surface area contributed by atoms with Gasteiger partial charge in [-0.2, -0.15) is 0 Å². The maximum absolute atomic E-state index is 12.0. The van der Waals surface area contributed by atoms with E-state index >= 15 is 0 Å². The molecule has 3 heterocycles. The number of alkyl carbamates (subject to hydrolysis) is 1. The molecule has 1 unspecified atom stereocenters. The molecule has 1 saturated carbocycles. The molecule has 1 N–H and O–H groups in total. The first-order valence-corrected chi connectivity index (χ1v) is 11.4. The van der Waals surface area contributed by atoms with Gasteiger partial charge < -0.3 is 14.4 Å². The Morgan fingerprint density at radius 3 is 2.70 bits per heavy atom. The van der Waals surface area contributed by atoms with Crippen LogP contribution in [0, 0.1) is 0 Å². The van der Waals surface area contributed by atoms with Crippen LogP contribution < -0.4 is 10.1 Å². The minimum absolute atomic E-state index is 0.133. The van der Waals surface area contributed by atoms with Gasteiger partial charge in [-0.1, -0.05) is 0 Å². The van der Waals surface area contributed by atoms with Gasteiger partial charge in [-0.3, -0.25) is 10.1 Å². The molecule has 5 rings (SSSR count). The van der Waals surface area contributed by atoms with Gasteiger partial charge in [-0.15, -0.1) is 11.3 Å². The van der Waals surface area contributed by atoms with Crippen molar-refractivity contribution in [3.8, 4) is 5.88 Å². The third kappa shape index (κ3) is 3.54. The van der Waals surface area contributed by atoms with E-state index in [1.54, 1.807) is 17.7 Å². The third-order valence-electron chi connectivity index (χ3n) is 6.61. The van der Waals surface area contributed by atoms with Gasteiger partial charge in [-0.25, -0.2) is 14.8 Å². The highest BCUT2D eigenvalue weighted by Crippen LogP contribution is 2.48. The zero-order chi connectivity index (χ0) is 20.8. The molecule has 0 radical (unpaired) electrons. The maximum Gasteiger partial charge on any atom is 0.414 e. The molecule has 0 bridgehead atoms. The summed E-state index contributed by atoms with van der Waals surface area (Å²) >= 11 is 1.68. The number of carbonyl (C=O) groups excluding carboxylic acids is 2. The summed E-state index contributed by atoms with van der Waals surface area (Å²) in [6.07, 6.45) is 7.00. The molecular weight excluding hydrogens is 404 g/mol. The fraction of sp³-hybridized carbons (Fsp3) is 0.619. The molecule has 9 heteroatoms. The van der Waals surface area contributed by atoms with Gasteiger partial charge in [-0.05, 0) is 64.1 Å². The van der Waals surface area contributed by atoms with Crippen molar-refractivity contribution in [2.75, 3.05) is 14.1 Å². The predicted octanol–water partition coefficient (Wildman–Crippen LogP) is 3.00. The van der Waals surface area contributed by atoms with E-state index in [0.29, 0.717) is 18.3 Å². The van der Waals surface area contributed by atoms with Crippen LogP contribution in [0.4, 0.5) is 4.79 Å². The van der Waals surface area contributed by atoms with Crippen molar-refractivity contribution in [2.45, 2.75) is 69.1 Å². The van der Waals surface area contributed by atoms with Gasteiger partial charge >= 0.3 is 6.09 Å². The summed E-state index contributed by atoms with van der Waals surface area (Å²) in [5.41, 5.74) is 1.18. The van der Waals surface area contributed by atoms with Gasteiger partial charge in [0.05, 0.1) is 5.39 Å². The van der Waals surface area contributed by atoms with E-state index in [4.69, 9.17) is 9.47 Å². The lowest BCUT2D eigenvalue weighted by Gasteiger charge is -2.32. The van der Waals surface area contributed by atoms with Crippen LogP contribution in [-0.4, -0.2) is 59.2 Å². The molecule has 30 heavy (non-hydrogen) atoms. The van der Waals surface area contributed by atoms with E-state index in [9.17, 15) is 9.59 Å². The number of imide groups is 1. The highest BCUT2D eigenvalue weighted by atomic mass is 32.1. The Morgan fingerprint density at radius 1 is 1.20 bits per heavy atom. The fourth-order valence-corrected chi connectivity index (χ4v) is 6.24. The molecule has 2 amide bonds. The van der Waals surface area contributed by atoms with Crippen molar-refractivity contribution in [1.82, 2.24) is 20.2 Å². The van der Waals surface area contributed by atoms with Gasteiger partial charge in [0, 0.05) is 17.3 Å². The Kier molecular flexibility index (Phi) is 5.10. The van der Waals surface area contributed by atoms with Crippen molar-refractivity contribution < 1.29 is 19.1 Å². The molecule has 2 fully saturated rings. The van der Waals surface area contributed by atoms with Crippen LogP contribution >= 0.6 is 11.3 Å². The van der Waals surface area contributed by atoms with Crippen molar-refractivity contribution in [2.24, 2.45) is 0 Å². The number of aromatic nitrogens is 2. The minimum Gasteiger partial charge on any atom is -0.474 e. The van der Waals surface area contributed by atoms with Crippen LogP contribution in [0.2, 0.25) is 0 Å². The molecule has 160 valence electrons. The van der Waals surface area contributed by atoms with E-state index in [0.717, 1.165) is 48.7 Å². The van der Waals surface area contributed by atoms with Gasteiger partial charge in [0.15, 0.2) is 6.10 Å². The fourth-order valence-electron chi connectivity index (χ4n) is 5.01. The summed E-state index contributed by atoms with van der Waals surface area (Å²) in [5, 5.41) is 3.21. The first-order chi connectivity index (χ1) is 14.5. The van der Waals surface area contributed by atoms with E-state index in [1.165, 1.54) is 10.4 Å². The van der Waals surface area contributed by atoms with Crippen molar-refractivity contribution >= 4 is 33.6 Å². The smallest absolute Gasteiger partial charge is 0.414 e. The van der Waals surface area contributed by atoms with E-state index in [-0.39, 0.29) is 17.9 Å². The van der Waals surface area contributed by atoms with Crippen molar-refractivity contribution in [1.29, 1.82) is 0 Å². The van der Waals surface area contributed by atoms with Crippen LogP contribution in [0.5, 0.6) is 5.88 Å². The number of rotatable bonds is 5. The Hall–Kier alpha value is -2.26. The second kappa shape index (κ2) is 7.77. The number of aryl methyl sites for hydroxylation is 1. The number of fused-ring (bicyclic) bond motifs is 3. The van der Waals surface area contributed by atoms with E-state index in [1.807, 2.05) is 0 Å². The van der Waals surface area contributed by atoms with Crippen LogP contribution in [-0.2, 0) is 16.0 Å². The topological polar surface area (TPSA) is 93.7 Å². The van der Waals surface area contributed by atoms with Crippen LogP contribution in [0.3, 0.4) is 0 Å². The second-order valence-corrected chi connectivity index (χ2v) is 9.75. The average Bonchev–Trinajstić information content (AvgIpc) is 3.37. The number of amides is 2. The maximum atomic E-state index is 12.0.